The van der Waals surface area contributed by atoms with Crippen LogP contribution in [0.15, 0.2) is 85.2 Å². The van der Waals surface area contributed by atoms with Crippen molar-refractivity contribution in [2.75, 3.05) is 14.1 Å². The van der Waals surface area contributed by atoms with Crippen molar-refractivity contribution < 1.29 is 19.4 Å². The second-order valence-electron chi connectivity index (χ2n) is 11.2. The van der Waals surface area contributed by atoms with Gasteiger partial charge in [0.15, 0.2) is 0 Å². The molecule has 1 N–H and O–H groups in total. The number of fused-ring (bicyclic) bond motifs is 1. The number of carboxylic acids is 1. The first-order valence-electron chi connectivity index (χ1n) is 14.6. The molecule has 2 heterocycles. The molecular formula is C35H34N4O4. The Labute approximate surface area is 250 Å². The molecule has 1 aliphatic rings. The van der Waals surface area contributed by atoms with Gasteiger partial charge in [-0.3, -0.25) is 9.78 Å². The summed E-state index contributed by atoms with van der Waals surface area (Å²) in [5.41, 5.74) is 6.23. The molecule has 0 unspecified atom stereocenters. The van der Waals surface area contributed by atoms with E-state index in [9.17, 15) is 14.7 Å². The average Bonchev–Trinajstić information content (AvgIpc) is 3.43. The van der Waals surface area contributed by atoms with Crippen molar-refractivity contribution in [3.05, 3.63) is 102 Å². The Morgan fingerprint density at radius 1 is 0.930 bits per heavy atom. The maximum Gasteiger partial charge on any atom is 0.335 e. The predicted octanol–water partition coefficient (Wildman–Crippen LogP) is 7.25. The van der Waals surface area contributed by atoms with Gasteiger partial charge < -0.3 is 19.3 Å². The molecule has 43 heavy (non-hydrogen) atoms. The topological polar surface area (TPSA) is 97.6 Å². The first-order chi connectivity index (χ1) is 20.9. The van der Waals surface area contributed by atoms with Crippen LogP contribution in [0.5, 0.6) is 5.75 Å². The van der Waals surface area contributed by atoms with Crippen LogP contribution in [0.4, 0.5) is 0 Å². The van der Waals surface area contributed by atoms with Gasteiger partial charge in [0.1, 0.15) is 18.2 Å². The highest BCUT2D eigenvalue weighted by Crippen LogP contribution is 2.37. The number of pyridine rings is 1. The molecule has 1 fully saturated rings. The van der Waals surface area contributed by atoms with Crippen molar-refractivity contribution in [2.45, 2.75) is 44.8 Å². The van der Waals surface area contributed by atoms with Crippen LogP contribution < -0.4 is 4.74 Å². The van der Waals surface area contributed by atoms with Crippen LogP contribution in [0.25, 0.3) is 33.5 Å². The van der Waals surface area contributed by atoms with Gasteiger partial charge in [-0.1, -0.05) is 31.4 Å². The number of nitrogens with zero attached hydrogens (tertiary/aromatic N) is 4. The third-order valence-corrected chi connectivity index (χ3v) is 8.11. The molecule has 0 aliphatic heterocycles. The maximum atomic E-state index is 12.7. The summed E-state index contributed by atoms with van der Waals surface area (Å²) in [6, 6.07) is 22.9. The van der Waals surface area contributed by atoms with Gasteiger partial charge in [-0.2, -0.15) is 0 Å². The molecule has 8 heteroatoms. The fourth-order valence-electron chi connectivity index (χ4n) is 5.91. The minimum Gasteiger partial charge on any atom is -0.489 e. The molecule has 1 aliphatic carbocycles. The van der Waals surface area contributed by atoms with Crippen LogP contribution in [0, 0.1) is 0 Å². The van der Waals surface area contributed by atoms with Gasteiger partial charge in [0.2, 0.25) is 0 Å². The molecule has 0 radical (unpaired) electrons. The molecule has 1 saturated carbocycles. The minimum atomic E-state index is -0.958. The zero-order chi connectivity index (χ0) is 29.9. The lowest BCUT2D eigenvalue weighted by Gasteiger charge is -2.25. The van der Waals surface area contributed by atoms with Gasteiger partial charge in [0.25, 0.3) is 5.91 Å². The van der Waals surface area contributed by atoms with E-state index in [-0.39, 0.29) is 18.1 Å². The number of ether oxygens (including phenoxy) is 1. The van der Waals surface area contributed by atoms with E-state index in [1.807, 2.05) is 60.7 Å². The van der Waals surface area contributed by atoms with Gasteiger partial charge in [0, 0.05) is 49.2 Å². The normalized spacial score (nSPS) is 13.6. The number of hydrogen-bond donors (Lipinski definition) is 1. The fraction of sp³-hybridized carbons (Fsp3) is 0.257. The van der Waals surface area contributed by atoms with Gasteiger partial charge in [-0.25, -0.2) is 9.78 Å². The van der Waals surface area contributed by atoms with Crippen molar-refractivity contribution >= 4 is 22.9 Å². The lowest BCUT2D eigenvalue weighted by Crippen LogP contribution is -2.21. The molecule has 0 spiro atoms. The van der Waals surface area contributed by atoms with E-state index in [1.54, 1.807) is 43.5 Å². The number of carboxylic acid groups (broad SMARTS) is 1. The Morgan fingerprint density at radius 3 is 2.40 bits per heavy atom. The van der Waals surface area contributed by atoms with E-state index >= 15 is 0 Å². The van der Waals surface area contributed by atoms with Crippen LogP contribution in [0.1, 0.15) is 64.4 Å². The Kier molecular flexibility index (Phi) is 7.92. The average molecular weight is 575 g/mol. The molecule has 3 aromatic carbocycles. The number of carbonyl (C=O) groups is 2. The van der Waals surface area contributed by atoms with Gasteiger partial charge >= 0.3 is 5.97 Å². The molecule has 5 aromatic rings. The van der Waals surface area contributed by atoms with Crippen LogP contribution >= 0.6 is 0 Å². The van der Waals surface area contributed by atoms with Crippen molar-refractivity contribution in [3.8, 4) is 28.3 Å². The Balaban J connectivity index is 1.30. The number of hydrogen-bond acceptors (Lipinski definition) is 5. The molecular weight excluding hydrogens is 540 g/mol. The molecule has 1 amide bonds. The first-order valence-corrected chi connectivity index (χ1v) is 14.6. The van der Waals surface area contributed by atoms with Crippen molar-refractivity contribution in [1.29, 1.82) is 0 Å². The molecule has 0 atom stereocenters. The number of imidazole rings is 1. The SMILES string of the molecule is CN(C)C(=O)c1ccc(-c2cccnc2)c(COc2ccc(-c3nc4cc(C(=O)O)ccc4n3C3CCCCC3)cc2)c1. The Hall–Kier alpha value is -4.98. The number of aromatic carboxylic acids is 1. The molecule has 0 saturated heterocycles. The summed E-state index contributed by atoms with van der Waals surface area (Å²) in [6.07, 6.45) is 9.28. The van der Waals surface area contributed by atoms with Crippen LogP contribution in [-0.2, 0) is 6.61 Å². The lowest BCUT2D eigenvalue weighted by molar-refractivity contribution is 0.0696. The molecule has 8 nitrogen and oxygen atoms in total. The van der Waals surface area contributed by atoms with Gasteiger partial charge in [-0.05, 0) is 84.6 Å². The van der Waals surface area contributed by atoms with Crippen LogP contribution in [0.2, 0.25) is 0 Å². The number of carbonyl (C=O) groups excluding carboxylic acids is 1. The number of rotatable bonds is 8. The van der Waals surface area contributed by atoms with Gasteiger partial charge in [0.05, 0.1) is 16.6 Å². The highest BCUT2D eigenvalue weighted by atomic mass is 16.5. The monoisotopic (exact) mass is 574 g/mol. The summed E-state index contributed by atoms with van der Waals surface area (Å²) >= 11 is 0. The van der Waals surface area contributed by atoms with E-state index in [1.165, 1.54) is 19.3 Å². The molecule has 2 aromatic heterocycles. The highest BCUT2D eigenvalue weighted by Gasteiger charge is 2.23. The molecule has 6 rings (SSSR count). The van der Waals surface area contributed by atoms with Gasteiger partial charge in [-0.15, -0.1) is 0 Å². The third-order valence-electron chi connectivity index (χ3n) is 8.11. The van der Waals surface area contributed by atoms with E-state index < -0.39 is 5.97 Å². The standard InChI is InChI=1S/C35H34N4O4/c1-38(2)34(40)24-12-16-30(26-7-6-18-36-21-26)27(19-24)22-43-29-14-10-23(11-15-29)33-37-31-20-25(35(41)42)13-17-32(31)39(33)28-8-4-3-5-9-28/h6-7,10-21,28H,3-5,8-9,22H2,1-2H3,(H,41,42). The predicted molar refractivity (Wildman–Crippen MR) is 166 cm³/mol. The molecule has 0 bridgehead atoms. The molecule has 218 valence electrons. The number of aromatic nitrogens is 3. The smallest absolute Gasteiger partial charge is 0.335 e. The second-order valence-corrected chi connectivity index (χ2v) is 11.2. The van der Waals surface area contributed by atoms with E-state index in [0.29, 0.717) is 22.9 Å². The Bertz CT molecular complexity index is 1770. The summed E-state index contributed by atoms with van der Waals surface area (Å²) in [5, 5.41) is 9.53. The summed E-state index contributed by atoms with van der Waals surface area (Å²) < 4.78 is 8.55. The van der Waals surface area contributed by atoms with Crippen LogP contribution in [-0.4, -0.2) is 50.5 Å². The lowest BCUT2D eigenvalue weighted by atomic mass is 9.95. The van der Waals surface area contributed by atoms with Crippen molar-refractivity contribution in [1.82, 2.24) is 19.4 Å². The van der Waals surface area contributed by atoms with Crippen molar-refractivity contribution in [2.24, 2.45) is 0 Å². The summed E-state index contributed by atoms with van der Waals surface area (Å²) in [6.45, 7) is 0.274. The first kappa shape index (κ1) is 28.2. The quantitative estimate of drug-likeness (QED) is 0.210. The van der Waals surface area contributed by atoms with Crippen molar-refractivity contribution in [3.63, 3.8) is 0 Å². The largest absolute Gasteiger partial charge is 0.489 e. The zero-order valence-corrected chi connectivity index (χ0v) is 24.4. The van der Waals surface area contributed by atoms with E-state index in [2.05, 4.69) is 9.55 Å². The maximum absolute atomic E-state index is 12.7. The summed E-state index contributed by atoms with van der Waals surface area (Å²) in [5.74, 6) is 0.503. The minimum absolute atomic E-state index is 0.0698. The third kappa shape index (κ3) is 5.86. The summed E-state index contributed by atoms with van der Waals surface area (Å²) in [7, 11) is 3.48. The zero-order valence-electron chi connectivity index (χ0n) is 24.4. The highest BCUT2D eigenvalue weighted by molar-refractivity contribution is 5.95. The van der Waals surface area contributed by atoms with Crippen LogP contribution in [0.3, 0.4) is 0 Å². The number of amides is 1. The Morgan fingerprint density at radius 2 is 1.70 bits per heavy atom. The summed E-state index contributed by atoms with van der Waals surface area (Å²) in [4.78, 5) is 35.1. The van der Waals surface area contributed by atoms with E-state index in [4.69, 9.17) is 9.72 Å². The van der Waals surface area contributed by atoms with E-state index in [0.717, 1.165) is 46.4 Å². The fourth-order valence-corrected chi connectivity index (χ4v) is 5.91. The number of benzene rings is 3. The second kappa shape index (κ2) is 12.1.